The quantitative estimate of drug-likeness (QED) is 0.584. The molecule has 0 spiro atoms. The highest BCUT2D eigenvalue weighted by atomic mass is 32.2. The van der Waals surface area contributed by atoms with Crippen molar-refractivity contribution in [2.24, 2.45) is 0 Å². The number of carbonyl (C=O) groups excluding carboxylic acids is 1. The largest absolute Gasteiger partial charge is 0.478 e. The number of nitrogens with one attached hydrogen (secondary N) is 1. The van der Waals surface area contributed by atoms with Crippen LogP contribution in [0.3, 0.4) is 0 Å². The number of benzene rings is 1. The molecule has 0 saturated carbocycles. The maximum Gasteiger partial charge on any atom is 0.362 e. The highest BCUT2D eigenvalue weighted by molar-refractivity contribution is 7.85. The van der Waals surface area contributed by atoms with Crippen LogP contribution in [0.15, 0.2) is 24.3 Å². The molecule has 0 aliphatic carbocycles. The molecule has 0 bridgehead atoms. The van der Waals surface area contributed by atoms with Gasteiger partial charge in [0.25, 0.3) is 5.91 Å². The minimum absolute atomic E-state index is 0.0335. The molecule has 3 heterocycles. The van der Waals surface area contributed by atoms with E-state index >= 15 is 0 Å². The van der Waals surface area contributed by atoms with Crippen LogP contribution in [0.2, 0.25) is 0 Å². The van der Waals surface area contributed by atoms with Gasteiger partial charge in [-0.05, 0) is 39.8 Å². The molecule has 1 aromatic carbocycles. The Bertz CT molecular complexity index is 1070. The predicted octanol–water partition coefficient (Wildman–Crippen LogP) is 0.774. The Morgan fingerprint density at radius 3 is 2.42 bits per heavy atom. The fraction of sp³-hybridized carbons (Fsp3) is 0.600. The SMILES string of the molecule is CC1(C)O[C@@H]2[C@@H](COC3(COS(=O)(=O)NC(=O)c4ccccc4C(=O)O)OC(C)(C)O[C@@H]23)O1. The molecule has 1 amide bonds. The van der Waals surface area contributed by atoms with Crippen LogP contribution in [-0.4, -0.2) is 74.3 Å². The number of hydrogen-bond acceptors (Lipinski definition) is 10. The lowest BCUT2D eigenvalue weighted by Crippen LogP contribution is -2.60. The van der Waals surface area contributed by atoms with Gasteiger partial charge in [-0.2, -0.15) is 8.42 Å². The Labute approximate surface area is 190 Å². The molecule has 0 aromatic heterocycles. The van der Waals surface area contributed by atoms with Gasteiger partial charge in [0.2, 0.25) is 5.79 Å². The first-order valence-corrected chi connectivity index (χ1v) is 11.5. The molecule has 4 rings (SSSR count). The molecular weight excluding hydrogens is 462 g/mol. The predicted molar refractivity (Wildman–Crippen MR) is 108 cm³/mol. The summed E-state index contributed by atoms with van der Waals surface area (Å²) in [4.78, 5) is 23.7. The number of carboxylic acid groups (broad SMARTS) is 1. The summed E-state index contributed by atoms with van der Waals surface area (Å²) in [6.45, 7) is 6.11. The average molecular weight is 487 g/mol. The molecule has 3 fully saturated rings. The van der Waals surface area contributed by atoms with Gasteiger partial charge in [-0.3, -0.25) is 4.79 Å². The summed E-state index contributed by atoms with van der Waals surface area (Å²) in [6, 6.07) is 5.18. The Kier molecular flexibility index (Phi) is 5.80. The number of fused-ring (bicyclic) bond motifs is 3. The van der Waals surface area contributed by atoms with E-state index in [4.69, 9.17) is 27.9 Å². The van der Waals surface area contributed by atoms with Crippen LogP contribution < -0.4 is 4.72 Å². The number of rotatable bonds is 6. The lowest BCUT2D eigenvalue weighted by Gasteiger charge is -2.40. The van der Waals surface area contributed by atoms with Crippen molar-refractivity contribution in [1.29, 1.82) is 0 Å². The standard InChI is InChI=1S/C20H25NO11S/c1-18(2)29-13-9-27-20(15(14(13)30-18)31-19(3,4)32-20)10-28-33(25,26)21-16(22)11-7-5-6-8-12(11)17(23)24/h5-8,13-15H,9-10H2,1-4H3,(H,21,22)(H,23,24)/t13-,14-,15+,20?/m1/s1. The number of ether oxygens (including phenoxy) is 5. The summed E-state index contributed by atoms with van der Waals surface area (Å²) < 4.78 is 61.2. The van der Waals surface area contributed by atoms with Crippen LogP contribution in [0.25, 0.3) is 0 Å². The van der Waals surface area contributed by atoms with Crippen molar-refractivity contribution in [3.8, 4) is 0 Å². The zero-order chi connectivity index (χ0) is 24.2. The number of carboxylic acids is 1. The van der Waals surface area contributed by atoms with Crippen molar-refractivity contribution in [2.75, 3.05) is 13.2 Å². The van der Waals surface area contributed by atoms with E-state index in [1.807, 2.05) is 0 Å². The van der Waals surface area contributed by atoms with Gasteiger partial charge in [0.1, 0.15) is 24.9 Å². The summed E-state index contributed by atoms with van der Waals surface area (Å²) in [5.41, 5.74) is -0.703. The minimum atomic E-state index is -4.68. The van der Waals surface area contributed by atoms with Gasteiger partial charge in [-0.25, -0.2) is 13.7 Å². The van der Waals surface area contributed by atoms with Crippen molar-refractivity contribution in [2.45, 2.75) is 63.4 Å². The van der Waals surface area contributed by atoms with Crippen molar-refractivity contribution < 1.29 is 51.0 Å². The smallest absolute Gasteiger partial charge is 0.362 e. The topological polar surface area (TPSA) is 156 Å². The van der Waals surface area contributed by atoms with Gasteiger partial charge < -0.3 is 28.8 Å². The molecule has 33 heavy (non-hydrogen) atoms. The second kappa shape index (κ2) is 7.98. The highest BCUT2D eigenvalue weighted by Crippen LogP contribution is 2.47. The van der Waals surface area contributed by atoms with E-state index in [2.05, 4.69) is 0 Å². The fourth-order valence-electron chi connectivity index (χ4n) is 4.17. The normalized spacial score (nSPS) is 32.1. The third-order valence-corrected chi connectivity index (χ3v) is 6.17. The van der Waals surface area contributed by atoms with Crippen LogP contribution in [0.5, 0.6) is 0 Å². The fourth-order valence-corrected chi connectivity index (χ4v) is 4.89. The summed E-state index contributed by atoms with van der Waals surface area (Å²) in [5.74, 6) is -6.24. The molecule has 1 aromatic rings. The molecule has 3 aliphatic rings. The van der Waals surface area contributed by atoms with E-state index in [1.54, 1.807) is 32.4 Å². The van der Waals surface area contributed by atoms with E-state index in [0.29, 0.717) is 0 Å². The Balaban J connectivity index is 1.50. The number of amides is 1. The molecule has 12 nitrogen and oxygen atoms in total. The second-order valence-electron chi connectivity index (χ2n) is 8.80. The number of hydrogen-bond donors (Lipinski definition) is 2. The third kappa shape index (κ3) is 4.75. The van der Waals surface area contributed by atoms with Gasteiger partial charge in [-0.1, -0.05) is 12.1 Å². The van der Waals surface area contributed by atoms with Crippen LogP contribution in [0.4, 0.5) is 0 Å². The number of aromatic carboxylic acids is 1. The maximum absolute atomic E-state index is 12.5. The molecule has 3 aliphatic heterocycles. The van der Waals surface area contributed by atoms with E-state index in [0.717, 1.165) is 0 Å². The molecule has 1 unspecified atom stereocenters. The lowest BCUT2D eigenvalue weighted by molar-refractivity contribution is -0.290. The van der Waals surface area contributed by atoms with Crippen LogP contribution in [-0.2, 0) is 38.2 Å². The van der Waals surface area contributed by atoms with E-state index in [-0.39, 0.29) is 17.7 Å². The van der Waals surface area contributed by atoms with E-state index in [1.165, 1.54) is 24.3 Å². The zero-order valence-corrected chi connectivity index (χ0v) is 19.2. The van der Waals surface area contributed by atoms with Crippen molar-refractivity contribution in [3.05, 3.63) is 35.4 Å². The van der Waals surface area contributed by atoms with Gasteiger partial charge >= 0.3 is 16.3 Å². The lowest BCUT2D eigenvalue weighted by atomic mass is 9.98. The summed E-state index contributed by atoms with van der Waals surface area (Å²) >= 11 is 0. The van der Waals surface area contributed by atoms with Gasteiger partial charge in [-0.15, -0.1) is 0 Å². The average Bonchev–Trinajstić information content (AvgIpc) is 3.17. The summed E-state index contributed by atoms with van der Waals surface area (Å²) in [6.07, 6.45) is -1.95. The van der Waals surface area contributed by atoms with E-state index in [9.17, 15) is 23.1 Å². The third-order valence-electron chi connectivity index (χ3n) is 5.31. The Morgan fingerprint density at radius 2 is 1.76 bits per heavy atom. The maximum atomic E-state index is 12.5. The van der Waals surface area contributed by atoms with Crippen molar-refractivity contribution in [3.63, 3.8) is 0 Å². The van der Waals surface area contributed by atoms with Crippen molar-refractivity contribution >= 4 is 22.2 Å². The van der Waals surface area contributed by atoms with Crippen LogP contribution in [0.1, 0.15) is 48.4 Å². The zero-order valence-electron chi connectivity index (χ0n) is 18.4. The summed E-state index contributed by atoms with van der Waals surface area (Å²) in [5, 5.41) is 9.22. The molecule has 0 radical (unpaired) electrons. The molecule has 182 valence electrons. The first-order chi connectivity index (χ1) is 15.2. The van der Waals surface area contributed by atoms with Gasteiger partial charge in [0, 0.05) is 0 Å². The number of carbonyl (C=O) groups is 2. The molecular formula is C20H25NO11S. The van der Waals surface area contributed by atoms with Crippen LogP contribution >= 0.6 is 0 Å². The monoisotopic (exact) mass is 487 g/mol. The second-order valence-corrected chi connectivity index (χ2v) is 10.1. The molecule has 2 N–H and O–H groups in total. The Morgan fingerprint density at radius 1 is 1.09 bits per heavy atom. The molecule has 13 heteroatoms. The van der Waals surface area contributed by atoms with Crippen LogP contribution in [0, 0.1) is 0 Å². The Hall–Kier alpha value is -2.13. The molecule has 3 saturated heterocycles. The van der Waals surface area contributed by atoms with Gasteiger partial charge in [0.05, 0.1) is 17.7 Å². The molecule has 4 atom stereocenters. The minimum Gasteiger partial charge on any atom is -0.478 e. The van der Waals surface area contributed by atoms with Crippen molar-refractivity contribution in [1.82, 2.24) is 4.72 Å². The first kappa shape index (κ1) is 24.0. The van der Waals surface area contributed by atoms with E-state index < -0.39 is 64.5 Å². The highest BCUT2D eigenvalue weighted by Gasteiger charge is 2.65. The summed E-state index contributed by atoms with van der Waals surface area (Å²) in [7, 11) is -4.68. The van der Waals surface area contributed by atoms with Gasteiger partial charge in [0.15, 0.2) is 11.6 Å². The first-order valence-electron chi connectivity index (χ1n) is 10.1.